The molecule has 2 N–H and O–H groups in total. The molecule has 0 saturated heterocycles. The van der Waals surface area contributed by atoms with Gasteiger partial charge < -0.3 is 20.1 Å². The van der Waals surface area contributed by atoms with E-state index in [4.69, 9.17) is 0 Å². The van der Waals surface area contributed by atoms with Gasteiger partial charge in [-0.1, -0.05) is 27.7 Å². The zero-order valence-electron chi connectivity index (χ0n) is 17.7. The first-order valence-corrected chi connectivity index (χ1v) is 10.2. The Morgan fingerprint density at radius 1 is 1.21 bits per heavy atom. The average Bonchev–Trinajstić information content (AvgIpc) is 3.06. The van der Waals surface area contributed by atoms with Gasteiger partial charge in [-0.05, 0) is 32.1 Å². The van der Waals surface area contributed by atoms with E-state index in [-0.39, 0.29) is 35.7 Å². The van der Waals surface area contributed by atoms with Crippen LogP contribution >= 0.6 is 0 Å². The predicted molar refractivity (Wildman–Crippen MR) is 107 cm³/mol. The number of imidazole rings is 1. The highest BCUT2D eigenvalue weighted by Gasteiger charge is 2.48. The maximum absolute atomic E-state index is 13.3. The minimum Gasteiger partial charge on any atom is -0.354 e. The van der Waals surface area contributed by atoms with E-state index in [1.807, 2.05) is 13.8 Å². The third-order valence-electron chi connectivity index (χ3n) is 5.05. The van der Waals surface area contributed by atoms with Crippen molar-refractivity contribution in [3.05, 3.63) is 17.7 Å². The number of hydrogen-bond acceptors (Lipinski definition) is 4. The first-order chi connectivity index (χ1) is 13.3. The Balaban J connectivity index is 2.32. The maximum atomic E-state index is 13.3. The summed E-state index contributed by atoms with van der Waals surface area (Å²) in [5.74, 6) is -0.372. The van der Waals surface area contributed by atoms with E-state index in [1.54, 1.807) is 16.4 Å². The molecule has 8 heteroatoms. The molecule has 1 unspecified atom stereocenters. The molecule has 1 aliphatic heterocycles. The quantitative estimate of drug-likeness (QED) is 0.671. The molecular formula is C20H33N5O3. The molecule has 0 fully saturated rings. The Bertz CT molecular complexity index is 727. The van der Waals surface area contributed by atoms with Crippen molar-refractivity contribution < 1.29 is 14.4 Å². The standard InChI is InChI=1S/C20H33N5O3/c1-6-9-21-17(26)15-16-18(27)25(11-7-2)20(5,12-24(16)13-23-15)19(28)22-10-8-14(3)4/h13-14H,6-12H2,1-5H3,(H,21,26)(H,22,28). The summed E-state index contributed by atoms with van der Waals surface area (Å²) >= 11 is 0. The number of carbonyl (C=O) groups is 3. The van der Waals surface area contributed by atoms with E-state index in [1.165, 1.54) is 6.33 Å². The molecule has 0 spiro atoms. The normalized spacial score (nSPS) is 18.9. The Kier molecular flexibility index (Phi) is 7.21. The molecule has 0 bridgehead atoms. The average molecular weight is 392 g/mol. The summed E-state index contributed by atoms with van der Waals surface area (Å²) in [5.41, 5.74) is -0.633. The topological polar surface area (TPSA) is 96.3 Å². The highest BCUT2D eigenvalue weighted by Crippen LogP contribution is 2.29. The third kappa shape index (κ3) is 4.36. The monoisotopic (exact) mass is 391 g/mol. The van der Waals surface area contributed by atoms with Gasteiger partial charge in [0.2, 0.25) is 5.91 Å². The van der Waals surface area contributed by atoms with Crippen LogP contribution < -0.4 is 10.6 Å². The summed E-state index contributed by atoms with van der Waals surface area (Å²) in [7, 11) is 0. The Hall–Kier alpha value is -2.38. The van der Waals surface area contributed by atoms with Crippen LogP contribution in [0.5, 0.6) is 0 Å². The van der Waals surface area contributed by atoms with Gasteiger partial charge in [0.05, 0.1) is 12.9 Å². The highest BCUT2D eigenvalue weighted by molar-refractivity contribution is 6.07. The molecular weight excluding hydrogens is 358 g/mol. The molecule has 1 aromatic rings. The van der Waals surface area contributed by atoms with Crippen molar-refractivity contribution in [1.82, 2.24) is 25.1 Å². The molecule has 1 atom stereocenters. The molecule has 0 aromatic carbocycles. The Morgan fingerprint density at radius 2 is 1.93 bits per heavy atom. The molecule has 0 aliphatic carbocycles. The van der Waals surface area contributed by atoms with E-state index in [2.05, 4.69) is 29.5 Å². The lowest BCUT2D eigenvalue weighted by Crippen LogP contribution is -2.64. The zero-order chi connectivity index (χ0) is 20.9. The van der Waals surface area contributed by atoms with Crippen LogP contribution in [0.3, 0.4) is 0 Å². The second kappa shape index (κ2) is 9.21. The van der Waals surface area contributed by atoms with Crippen molar-refractivity contribution in [2.75, 3.05) is 19.6 Å². The van der Waals surface area contributed by atoms with Crippen molar-refractivity contribution in [3.63, 3.8) is 0 Å². The van der Waals surface area contributed by atoms with Crippen LogP contribution in [0.2, 0.25) is 0 Å². The number of amides is 3. The lowest BCUT2D eigenvalue weighted by atomic mass is 9.93. The van der Waals surface area contributed by atoms with E-state index in [9.17, 15) is 14.4 Å². The number of rotatable bonds is 9. The minimum atomic E-state index is -1.02. The van der Waals surface area contributed by atoms with Crippen LogP contribution in [0.15, 0.2) is 6.33 Å². The maximum Gasteiger partial charge on any atom is 0.273 e. The van der Waals surface area contributed by atoms with Crippen LogP contribution in [0.1, 0.15) is 74.9 Å². The van der Waals surface area contributed by atoms with Crippen LogP contribution in [0, 0.1) is 5.92 Å². The molecule has 3 amide bonds. The smallest absolute Gasteiger partial charge is 0.273 e. The second-order valence-corrected chi connectivity index (χ2v) is 7.99. The first kappa shape index (κ1) is 21.9. The number of nitrogens with zero attached hydrogens (tertiary/aromatic N) is 3. The summed E-state index contributed by atoms with van der Waals surface area (Å²) in [6.45, 7) is 11.7. The van der Waals surface area contributed by atoms with E-state index >= 15 is 0 Å². The molecule has 8 nitrogen and oxygen atoms in total. The summed E-state index contributed by atoms with van der Waals surface area (Å²) in [4.78, 5) is 44.5. The van der Waals surface area contributed by atoms with Crippen molar-refractivity contribution in [1.29, 1.82) is 0 Å². The third-order valence-corrected chi connectivity index (χ3v) is 5.05. The molecule has 28 heavy (non-hydrogen) atoms. The van der Waals surface area contributed by atoms with Crippen molar-refractivity contribution >= 4 is 17.7 Å². The fraction of sp³-hybridized carbons (Fsp3) is 0.700. The van der Waals surface area contributed by atoms with Crippen LogP contribution in [-0.2, 0) is 11.3 Å². The number of hydrogen-bond donors (Lipinski definition) is 2. The molecule has 1 aromatic heterocycles. The molecule has 0 radical (unpaired) electrons. The van der Waals surface area contributed by atoms with E-state index in [0.717, 1.165) is 12.8 Å². The lowest BCUT2D eigenvalue weighted by molar-refractivity contribution is -0.132. The molecule has 2 heterocycles. The van der Waals surface area contributed by atoms with Gasteiger partial charge >= 0.3 is 0 Å². The number of aromatic nitrogens is 2. The molecule has 2 rings (SSSR count). The highest BCUT2D eigenvalue weighted by atomic mass is 16.2. The van der Waals surface area contributed by atoms with Gasteiger partial charge in [-0.25, -0.2) is 4.98 Å². The first-order valence-electron chi connectivity index (χ1n) is 10.2. The van der Waals surface area contributed by atoms with Crippen molar-refractivity contribution in [3.8, 4) is 0 Å². The van der Waals surface area contributed by atoms with Crippen LogP contribution in [-0.4, -0.2) is 57.3 Å². The van der Waals surface area contributed by atoms with E-state index in [0.29, 0.717) is 32.0 Å². The van der Waals surface area contributed by atoms with Crippen LogP contribution in [0.25, 0.3) is 0 Å². The Labute approximate surface area is 167 Å². The Morgan fingerprint density at radius 3 is 2.54 bits per heavy atom. The van der Waals surface area contributed by atoms with Gasteiger partial charge in [0.25, 0.3) is 11.8 Å². The SMILES string of the molecule is CCCNC(=O)c1ncn2c1C(=O)N(CCC)C(C)(C(=O)NCCC(C)C)C2. The van der Waals surface area contributed by atoms with Gasteiger partial charge in [-0.15, -0.1) is 0 Å². The van der Waals surface area contributed by atoms with Gasteiger partial charge in [0, 0.05) is 19.6 Å². The lowest BCUT2D eigenvalue weighted by Gasteiger charge is -2.43. The number of carbonyl (C=O) groups excluding carboxylic acids is 3. The van der Waals surface area contributed by atoms with Crippen molar-refractivity contribution in [2.45, 2.75) is 66.0 Å². The van der Waals surface area contributed by atoms with Gasteiger partial charge in [0.1, 0.15) is 11.2 Å². The molecule has 1 aliphatic rings. The van der Waals surface area contributed by atoms with Crippen LogP contribution in [0.4, 0.5) is 0 Å². The van der Waals surface area contributed by atoms with Crippen molar-refractivity contribution in [2.24, 2.45) is 5.92 Å². The summed E-state index contributed by atoms with van der Waals surface area (Å²) in [6, 6.07) is 0. The summed E-state index contributed by atoms with van der Waals surface area (Å²) in [6.07, 6.45) is 3.87. The zero-order valence-corrected chi connectivity index (χ0v) is 17.7. The van der Waals surface area contributed by atoms with Gasteiger partial charge in [0.15, 0.2) is 5.69 Å². The molecule has 156 valence electrons. The molecule has 0 saturated carbocycles. The predicted octanol–water partition coefficient (Wildman–Crippen LogP) is 1.81. The fourth-order valence-electron chi connectivity index (χ4n) is 3.41. The minimum absolute atomic E-state index is 0.127. The fourth-order valence-corrected chi connectivity index (χ4v) is 3.41. The second-order valence-electron chi connectivity index (χ2n) is 7.99. The van der Waals surface area contributed by atoms with Gasteiger partial charge in [-0.2, -0.15) is 0 Å². The number of nitrogens with one attached hydrogen (secondary N) is 2. The largest absolute Gasteiger partial charge is 0.354 e. The van der Waals surface area contributed by atoms with Gasteiger partial charge in [-0.3, -0.25) is 14.4 Å². The summed E-state index contributed by atoms with van der Waals surface area (Å²) in [5, 5.41) is 5.75. The number of fused-ring (bicyclic) bond motifs is 1. The summed E-state index contributed by atoms with van der Waals surface area (Å²) < 4.78 is 1.64. The van der Waals surface area contributed by atoms with E-state index < -0.39 is 5.54 Å².